The SMILES string of the molecule is NC(CC(=NO)c1ccc2c(c1)[nH]c1ccccc12)C(=O)O.[NaH]. The zero-order valence-electron chi connectivity index (χ0n) is 11.7. The average Bonchev–Trinajstić information content (AvgIpc) is 2.89. The second-order valence-electron chi connectivity index (χ2n) is 5.13. The monoisotopic (exact) mass is 321 g/mol. The van der Waals surface area contributed by atoms with Gasteiger partial charge in [0.1, 0.15) is 6.04 Å². The van der Waals surface area contributed by atoms with Gasteiger partial charge in [0.2, 0.25) is 0 Å². The molecule has 3 aromatic rings. The third kappa shape index (κ3) is 3.40. The summed E-state index contributed by atoms with van der Waals surface area (Å²) in [7, 11) is 0. The van der Waals surface area contributed by atoms with E-state index in [-0.39, 0.29) is 41.7 Å². The zero-order chi connectivity index (χ0) is 15.7. The number of H-pyrrole nitrogens is 1. The molecule has 1 atom stereocenters. The van der Waals surface area contributed by atoms with Crippen molar-refractivity contribution in [1.29, 1.82) is 0 Å². The van der Waals surface area contributed by atoms with Gasteiger partial charge in [-0.3, -0.25) is 4.79 Å². The second kappa shape index (κ2) is 7.14. The van der Waals surface area contributed by atoms with E-state index in [0.29, 0.717) is 5.56 Å². The van der Waals surface area contributed by atoms with Crippen molar-refractivity contribution in [3.8, 4) is 0 Å². The number of fused-ring (bicyclic) bond motifs is 3. The number of nitrogens with zero attached hydrogens (tertiary/aromatic N) is 1. The molecule has 0 radical (unpaired) electrons. The summed E-state index contributed by atoms with van der Waals surface area (Å²) in [5, 5.41) is 23.4. The summed E-state index contributed by atoms with van der Waals surface area (Å²) in [4.78, 5) is 14.1. The number of oxime groups is 1. The van der Waals surface area contributed by atoms with Crippen molar-refractivity contribution in [2.24, 2.45) is 10.9 Å². The van der Waals surface area contributed by atoms with Gasteiger partial charge in [0.05, 0.1) is 5.71 Å². The Hall–Kier alpha value is -1.86. The Morgan fingerprint density at radius 1 is 1.17 bits per heavy atom. The van der Waals surface area contributed by atoms with E-state index >= 15 is 0 Å². The van der Waals surface area contributed by atoms with Gasteiger partial charge in [-0.2, -0.15) is 0 Å². The van der Waals surface area contributed by atoms with Crippen LogP contribution in [0.25, 0.3) is 21.8 Å². The minimum absolute atomic E-state index is 0. The zero-order valence-corrected chi connectivity index (χ0v) is 11.7. The van der Waals surface area contributed by atoms with Crippen molar-refractivity contribution in [2.75, 3.05) is 0 Å². The predicted octanol–water partition coefficient (Wildman–Crippen LogP) is 1.65. The van der Waals surface area contributed by atoms with Crippen LogP contribution in [0.15, 0.2) is 47.6 Å². The standard InChI is InChI=1S/C16H15N3O3.Na.H/c17-12(16(20)21)8-14(19-22)9-5-6-11-10-3-1-2-4-13(10)18-15(11)7-9;;/h1-7,12,18,22H,8,17H2,(H,20,21);;. The first kappa shape index (κ1) is 17.5. The molecule has 6 nitrogen and oxygen atoms in total. The molecule has 7 heteroatoms. The maximum atomic E-state index is 10.8. The second-order valence-corrected chi connectivity index (χ2v) is 5.13. The van der Waals surface area contributed by atoms with E-state index in [1.54, 1.807) is 6.07 Å². The Morgan fingerprint density at radius 3 is 2.57 bits per heavy atom. The number of carboxylic acid groups (broad SMARTS) is 1. The number of aliphatic carboxylic acids is 1. The number of nitrogens with one attached hydrogen (secondary N) is 1. The van der Waals surface area contributed by atoms with Crippen molar-refractivity contribution < 1.29 is 15.1 Å². The van der Waals surface area contributed by atoms with E-state index in [0.717, 1.165) is 21.8 Å². The summed E-state index contributed by atoms with van der Waals surface area (Å²) in [6, 6.07) is 12.4. The molecule has 0 aliphatic heterocycles. The van der Waals surface area contributed by atoms with Crippen molar-refractivity contribution in [1.82, 2.24) is 4.98 Å². The summed E-state index contributed by atoms with van der Waals surface area (Å²) in [5.74, 6) is -1.13. The van der Waals surface area contributed by atoms with Crippen LogP contribution in [0.3, 0.4) is 0 Å². The van der Waals surface area contributed by atoms with E-state index < -0.39 is 12.0 Å². The fourth-order valence-electron chi connectivity index (χ4n) is 2.55. The van der Waals surface area contributed by atoms with Crippen LogP contribution in [0.4, 0.5) is 0 Å². The van der Waals surface area contributed by atoms with Crippen LogP contribution in [-0.2, 0) is 4.79 Å². The third-order valence-electron chi connectivity index (χ3n) is 3.69. The number of aromatic amines is 1. The topological polar surface area (TPSA) is 112 Å². The average molecular weight is 321 g/mol. The Labute approximate surface area is 154 Å². The van der Waals surface area contributed by atoms with Crippen molar-refractivity contribution >= 4 is 63.0 Å². The van der Waals surface area contributed by atoms with Gasteiger partial charge in [0.15, 0.2) is 0 Å². The summed E-state index contributed by atoms with van der Waals surface area (Å²) in [6.07, 6.45) is -0.0441. The number of rotatable bonds is 4. The summed E-state index contributed by atoms with van der Waals surface area (Å²) < 4.78 is 0. The molecule has 2 aromatic carbocycles. The van der Waals surface area contributed by atoms with Crippen molar-refractivity contribution in [3.63, 3.8) is 0 Å². The quantitative estimate of drug-likeness (QED) is 0.253. The fraction of sp³-hybridized carbons (Fsp3) is 0.125. The molecule has 1 heterocycles. The number of nitrogens with two attached hydrogens (primary N) is 1. The molecule has 0 bridgehead atoms. The molecular formula is C16H16N3NaO3. The van der Waals surface area contributed by atoms with Gasteiger partial charge in [0.25, 0.3) is 0 Å². The normalized spacial score (nSPS) is 13.0. The molecule has 0 saturated heterocycles. The van der Waals surface area contributed by atoms with E-state index in [4.69, 9.17) is 16.0 Å². The molecule has 23 heavy (non-hydrogen) atoms. The molecule has 0 fully saturated rings. The van der Waals surface area contributed by atoms with Crippen LogP contribution < -0.4 is 5.73 Å². The van der Waals surface area contributed by atoms with Crippen LogP contribution >= 0.6 is 0 Å². The predicted molar refractivity (Wildman–Crippen MR) is 91.5 cm³/mol. The fourth-order valence-corrected chi connectivity index (χ4v) is 2.55. The molecule has 0 saturated carbocycles. The summed E-state index contributed by atoms with van der Waals surface area (Å²) in [5.41, 5.74) is 8.29. The number of benzene rings is 2. The van der Waals surface area contributed by atoms with Gasteiger partial charge in [0, 0.05) is 33.8 Å². The number of carboxylic acids is 1. The van der Waals surface area contributed by atoms with E-state index in [1.165, 1.54) is 0 Å². The van der Waals surface area contributed by atoms with E-state index in [9.17, 15) is 4.79 Å². The number of carbonyl (C=O) groups is 1. The molecule has 0 aliphatic carbocycles. The van der Waals surface area contributed by atoms with Gasteiger partial charge < -0.3 is 21.0 Å². The van der Waals surface area contributed by atoms with Crippen LogP contribution in [-0.4, -0.2) is 62.6 Å². The summed E-state index contributed by atoms with van der Waals surface area (Å²) in [6.45, 7) is 0. The maximum absolute atomic E-state index is 10.8. The molecule has 1 unspecified atom stereocenters. The first-order chi connectivity index (χ1) is 10.6. The van der Waals surface area contributed by atoms with Crippen LogP contribution in [0.1, 0.15) is 12.0 Å². The minimum atomic E-state index is -1.13. The van der Waals surface area contributed by atoms with E-state index in [2.05, 4.69) is 10.1 Å². The Kier molecular flexibility index (Phi) is 5.43. The summed E-state index contributed by atoms with van der Waals surface area (Å²) >= 11 is 0. The van der Waals surface area contributed by atoms with Crippen LogP contribution in [0, 0.1) is 0 Å². The number of aromatic nitrogens is 1. The van der Waals surface area contributed by atoms with Crippen molar-refractivity contribution in [3.05, 3.63) is 48.0 Å². The van der Waals surface area contributed by atoms with Gasteiger partial charge in [-0.05, 0) is 12.1 Å². The number of hydrogen-bond acceptors (Lipinski definition) is 4. The number of hydrogen-bond donors (Lipinski definition) is 4. The van der Waals surface area contributed by atoms with Crippen LogP contribution in [0.5, 0.6) is 0 Å². The van der Waals surface area contributed by atoms with Crippen molar-refractivity contribution in [2.45, 2.75) is 12.5 Å². The molecule has 0 amide bonds. The van der Waals surface area contributed by atoms with Gasteiger partial charge in [-0.15, -0.1) is 0 Å². The third-order valence-corrected chi connectivity index (χ3v) is 3.69. The van der Waals surface area contributed by atoms with Gasteiger partial charge in [-0.25, -0.2) is 0 Å². The molecule has 3 rings (SSSR count). The molecule has 0 spiro atoms. The first-order valence-electron chi connectivity index (χ1n) is 6.80. The first-order valence-corrected chi connectivity index (χ1v) is 6.80. The molecule has 1 aromatic heterocycles. The molecular weight excluding hydrogens is 305 g/mol. The Morgan fingerprint density at radius 2 is 1.87 bits per heavy atom. The molecule has 5 N–H and O–H groups in total. The van der Waals surface area contributed by atoms with Gasteiger partial charge in [-0.1, -0.05) is 35.5 Å². The van der Waals surface area contributed by atoms with Gasteiger partial charge >= 0.3 is 35.5 Å². The Bertz CT molecular complexity index is 889. The molecule has 114 valence electrons. The Balaban J connectivity index is 0.00000192. The number of para-hydroxylation sites is 1. The van der Waals surface area contributed by atoms with Crippen LogP contribution in [0.2, 0.25) is 0 Å². The van der Waals surface area contributed by atoms with E-state index in [1.807, 2.05) is 36.4 Å². The molecule has 0 aliphatic rings.